The summed E-state index contributed by atoms with van der Waals surface area (Å²) in [5.41, 5.74) is -0.701. The zero-order chi connectivity index (χ0) is 15.5. The highest BCUT2D eigenvalue weighted by Gasteiger charge is 2.29. The van der Waals surface area contributed by atoms with Gasteiger partial charge >= 0.3 is 5.97 Å². The van der Waals surface area contributed by atoms with Crippen LogP contribution in [0.15, 0.2) is 34.2 Å². The lowest BCUT2D eigenvalue weighted by Crippen LogP contribution is -2.32. The Bertz CT molecular complexity index is 645. The molecule has 0 saturated carbocycles. The van der Waals surface area contributed by atoms with E-state index in [9.17, 15) is 17.6 Å². The van der Waals surface area contributed by atoms with Crippen molar-refractivity contribution in [2.75, 3.05) is 13.1 Å². The van der Waals surface area contributed by atoms with Crippen molar-refractivity contribution >= 4 is 31.9 Å². The fraction of sp³-hybridized carbons (Fsp3) is 0.250. The number of aromatic carboxylic acids is 1. The molecule has 1 rings (SSSR count). The van der Waals surface area contributed by atoms with Crippen LogP contribution in [0.5, 0.6) is 0 Å². The Hall–Kier alpha value is -1.25. The molecule has 110 valence electrons. The molecule has 0 fully saturated rings. The molecule has 0 aliphatic rings. The summed E-state index contributed by atoms with van der Waals surface area (Å²) in [4.78, 5) is 10.3. The van der Waals surface area contributed by atoms with Gasteiger partial charge in [-0.1, -0.05) is 28.9 Å². The van der Waals surface area contributed by atoms with E-state index in [0.29, 0.717) is 0 Å². The number of benzene rings is 1. The van der Waals surface area contributed by atoms with E-state index < -0.39 is 32.3 Å². The number of halogens is 2. The number of sulfonamides is 1. The Morgan fingerprint density at radius 3 is 2.60 bits per heavy atom. The Balaban J connectivity index is 3.53. The van der Waals surface area contributed by atoms with Gasteiger partial charge in [0.25, 0.3) is 0 Å². The standard InChI is InChI=1S/C12H13BrFNO4S/c1-3-5-15(4-2)20(18,19)10-7-8(13)6-9(11(10)14)12(16)17/h3,6-7H,1,4-5H2,2H3,(H,16,17). The largest absolute Gasteiger partial charge is 0.478 e. The number of carbonyl (C=O) groups is 1. The maximum Gasteiger partial charge on any atom is 0.338 e. The maximum absolute atomic E-state index is 14.1. The predicted octanol–water partition coefficient (Wildman–Crippen LogP) is 2.48. The van der Waals surface area contributed by atoms with Gasteiger partial charge in [-0.3, -0.25) is 0 Å². The lowest BCUT2D eigenvalue weighted by Gasteiger charge is -2.19. The van der Waals surface area contributed by atoms with Gasteiger partial charge < -0.3 is 5.11 Å². The number of carboxylic acid groups (broad SMARTS) is 1. The number of nitrogens with zero attached hydrogens (tertiary/aromatic N) is 1. The molecule has 1 aromatic rings. The summed E-state index contributed by atoms with van der Waals surface area (Å²) in [5, 5.41) is 8.89. The SMILES string of the molecule is C=CCN(CC)S(=O)(=O)c1cc(Br)cc(C(=O)O)c1F. The number of likely N-dealkylation sites (N-methyl/N-ethyl adjacent to an activating group) is 1. The Morgan fingerprint density at radius 1 is 1.55 bits per heavy atom. The highest BCUT2D eigenvalue weighted by molar-refractivity contribution is 9.10. The smallest absolute Gasteiger partial charge is 0.338 e. The van der Waals surface area contributed by atoms with Crippen LogP contribution < -0.4 is 0 Å². The summed E-state index contributed by atoms with van der Waals surface area (Å²) in [6, 6.07) is 2.06. The van der Waals surface area contributed by atoms with Crippen LogP contribution in [-0.4, -0.2) is 36.9 Å². The molecular formula is C12H13BrFNO4S. The van der Waals surface area contributed by atoms with Crippen LogP contribution in [0.25, 0.3) is 0 Å². The van der Waals surface area contributed by atoms with E-state index in [0.717, 1.165) is 16.4 Å². The minimum Gasteiger partial charge on any atom is -0.478 e. The van der Waals surface area contributed by atoms with Crippen molar-refractivity contribution in [2.24, 2.45) is 0 Å². The van der Waals surface area contributed by atoms with Crippen LogP contribution in [0.3, 0.4) is 0 Å². The van der Waals surface area contributed by atoms with E-state index >= 15 is 0 Å². The maximum atomic E-state index is 14.1. The van der Waals surface area contributed by atoms with E-state index in [4.69, 9.17) is 5.11 Å². The van der Waals surface area contributed by atoms with E-state index in [2.05, 4.69) is 22.5 Å². The summed E-state index contributed by atoms with van der Waals surface area (Å²) in [6.45, 7) is 5.15. The van der Waals surface area contributed by atoms with E-state index in [1.54, 1.807) is 6.92 Å². The molecule has 1 aromatic carbocycles. The van der Waals surface area contributed by atoms with Gasteiger partial charge in [-0.2, -0.15) is 4.31 Å². The van der Waals surface area contributed by atoms with Crippen LogP contribution in [0, 0.1) is 5.82 Å². The lowest BCUT2D eigenvalue weighted by atomic mass is 10.2. The highest BCUT2D eigenvalue weighted by Crippen LogP contribution is 2.26. The second-order valence-corrected chi connectivity index (χ2v) is 6.64. The van der Waals surface area contributed by atoms with Gasteiger partial charge in [0.1, 0.15) is 4.90 Å². The first-order valence-electron chi connectivity index (χ1n) is 5.59. The first kappa shape index (κ1) is 16.8. The summed E-state index contributed by atoms with van der Waals surface area (Å²) in [6.07, 6.45) is 1.37. The fourth-order valence-electron chi connectivity index (χ4n) is 1.59. The second-order valence-electron chi connectivity index (χ2n) is 3.81. The summed E-state index contributed by atoms with van der Waals surface area (Å²) in [7, 11) is -4.13. The van der Waals surface area contributed by atoms with E-state index in [1.807, 2.05) is 0 Å². The first-order chi connectivity index (χ1) is 9.25. The van der Waals surface area contributed by atoms with Crippen molar-refractivity contribution < 1.29 is 22.7 Å². The van der Waals surface area contributed by atoms with Gasteiger partial charge in [0.2, 0.25) is 10.0 Å². The van der Waals surface area contributed by atoms with Gasteiger partial charge in [-0.15, -0.1) is 6.58 Å². The normalized spacial score (nSPS) is 11.6. The minimum absolute atomic E-state index is 0.00713. The van der Waals surface area contributed by atoms with Crippen molar-refractivity contribution in [3.8, 4) is 0 Å². The topological polar surface area (TPSA) is 74.7 Å². The Labute approximate surface area is 124 Å². The fourth-order valence-corrected chi connectivity index (χ4v) is 3.73. The number of hydrogen-bond donors (Lipinski definition) is 1. The Kier molecular flexibility index (Phi) is 5.43. The molecule has 20 heavy (non-hydrogen) atoms. The third-order valence-corrected chi connectivity index (χ3v) is 4.94. The van der Waals surface area contributed by atoms with Gasteiger partial charge in [-0.25, -0.2) is 17.6 Å². The Morgan fingerprint density at radius 2 is 2.15 bits per heavy atom. The molecule has 0 unspecified atom stereocenters. The molecule has 0 spiro atoms. The first-order valence-corrected chi connectivity index (χ1v) is 7.82. The van der Waals surface area contributed by atoms with Crippen molar-refractivity contribution in [3.05, 3.63) is 40.6 Å². The molecule has 1 N–H and O–H groups in total. The molecule has 0 aliphatic carbocycles. The average molecular weight is 366 g/mol. The molecule has 0 saturated heterocycles. The molecule has 0 heterocycles. The monoisotopic (exact) mass is 365 g/mol. The third-order valence-electron chi connectivity index (χ3n) is 2.54. The van der Waals surface area contributed by atoms with Gasteiger partial charge in [0.05, 0.1) is 5.56 Å². The van der Waals surface area contributed by atoms with Crippen LogP contribution in [0.2, 0.25) is 0 Å². The van der Waals surface area contributed by atoms with Crippen molar-refractivity contribution in [1.82, 2.24) is 4.31 Å². The molecule has 0 aliphatic heterocycles. The summed E-state index contributed by atoms with van der Waals surface area (Å²) < 4.78 is 39.9. The van der Waals surface area contributed by atoms with Gasteiger partial charge in [0, 0.05) is 17.6 Å². The molecule has 5 nitrogen and oxygen atoms in total. The lowest BCUT2D eigenvalue weighted by molar-refractivity contribution is 0.0691. The highest BCUT2D eigenvalue weighted by atomic mass is 79.9. The van der Waals surface area contributed by atoms with Crippen molar-refractivity contribution in [1.29, 1.82) is 0 Å². The van der Waals surface area contributed by atoms with E-state index in [-0.39, 0.29) is 17.6 Å². The quantitative estimate of drug-likeness (QED) is 0.785. The molecule has 0 radical (unpaired) electrons. The van der Waals surface area contributed by atoms with E-state index in [1.165, 1.54) is 6.08 Å². The molecule has 0 amide bonds. The number of carboxylic acids is 1. The summed E-state index contributed by atoms with van der Waals surface area (Å²) in [5.74, 6) is -2.81. The van der Waals surface area contributed by atoms with Crippen molar-refractivity contribution in [2.45, 2.75) is 11.8 Å². The van der Waals surface area contributed by atoms with Gasteiger partial charge in [-0.05, 0) is 12.1 Å². The second kappa shape index (κ2) is 6.47. The number of hydrogen-bond acceptors (Lipinski definition) is 3. The third kappa shape index (κ3) is 3.25. The van der Waals surface area contributed by atoms with Crippen LogP contribution in [-0.2, 0) is 10.0 Å². The zero-order valence-corrected chi connectivity index (χ0v) is 13.0. The zero-order valence-electron chi connectivity index (χ0n) is 10.6. The van der Waals surface area contributed by atoms with Crippen LogP contribution in [0.1, 0.15) is 17.3 Å². The molecule has 0 atom stereocenters. The minimum atomic E-state index is -4.13. The number of rotatable bonds is 6. The molecule has 8 heteroatoms. The average Bonchev–Trinajstić information content (AvgIpc) is 2.37. The van der Waals surface area contributed by atoms with Crippen LogP contribution in [0.4, 0.5) is 4.39 Å². The molecular weight excluding hydrogens is 353 g/mol. The molecule has 0 aromatic heterocycles. The predicted molar refractivity (Wildman–Crippen MR) is 75.7 cm³/mol. The summed E-state index contributed by atoms with van der Waals surface area (Å²) >= 11 is 2.98. The molecule has 0 bridgehead atoms. The van der Waals surface area contributed by atoms with Crippen molar-refractivity contribution in [3.63, 3.8) is 0 Å². The van der Waals surface area contributed by atoms with Gasteiger partial charge in [0.15, 0.2) is 5.82 Å². The van der Waals surface area contributed by atoms with Crippen LogP contribution >= 0.6 is 15.9 Å².